The number of carbonyl (C=O) groups excluding carboxylic acids is 1. The zero-order valence-electron chi connectivity index (χ0n) is 14.7. The summed E-state index contributed by atoms with van der Waals surface area (Å²) in [4.78, 5) is 12.2. The number of ether oxygens (including phenoxy) is 3. The SMILES string of the molecule is CC(C)[C@H]1CC[C@@H](C)C[C@@H]1OCC(=O)Nc1ccc2c(c1)OCO2. The number of nitrogens with one attached hydrogen (secondary N) is 1. The molecule has 1 aromatic carbocycles. The van der Waals surface area contributed by atoms with E-state index < -0.39 is 0 Å². The van der Waals surface area contributed by atoms with Crippen LogP contribution < -0.4 is 14.8 Å². The van der Waals surface area contributed by atoms with Crippen molar-refractivity contribution in [1.29, 1.82) is 0 Å². The molecule has 0 radical (unpaired) electrons. The Labute approximate surface area is 143 Å². The second kappa shape index (κ2) is 7.43. The van der Waals surface area contributed by atoms with E-state index in [4.69, 9.17) is 14.2 Å². The molecule has 1 fully saturated rings. The van der Waals surface area contributed by atoms with Gasteiger partial charge < -0.3 is 19.5 Å². The third-order valence-corrected chi connectivity index (χ3v) is 5.05. The molecule has 5 nitrogen and oxygen atoms in total. The normalized spacial score (nSPS) is 25.8. The Hall–Kier alpha value is -1.75. The van der Waals surface area contributed by atoms with Gasteiger partial charge in [-0.2, -0.15) is 0 Å². The summed E-state index contributed by atoms with van der Waals surface area (Å²) in [6, 6.07) is 5.39. The van der Waals surface area contributed by atoms with Crippen LogP contribution in [0, 0.1) is 17.8 Å². The molecule has 132 valence electrons. The predicted molar refractivity (Wildman–Crippen MR) is 92.3 cm³/mol. The van der Waals surface area contributed by atoms with Crippen LogP contribution in [-0.4, -0.2) is 25.4 Å². The van der Waals surface area contributed by atoms with E-state index in [1.54, 1.807) is 12.1 Å². The molecular formula is C19H27NO4. The second-order valence-electron chi connectivity index (χ2n) is 7.29. The highest BCUT2D eigenvalue weighted by Crippen LogP contribution is 2.36. The van der Waals surface area contributed by atoms with Gasteiger partial charge in [-0.15, -0.1) is 0 Å². The van der Waals surface area contributed by atoms with Crippen LogP contribution in [-0.2, 0) is 9.53 Å². The molecule has 1 heterocycles. The van der Waals surface area contributed by atoms with Gasteiger partial charge in [0, 0.05) is 11.8 Å². The molecule has 1 aromatic rings. The van der Waals surface area contributed by atoms with Crippen molar-refractivity contribution in [3.63, 3.8) is 0 Å². The summed E-state index contributed by atoms with van der Waals surface area (Å²) in [5.74, 6) is 3.03. The molecule has 1 N–H and O–H groups in total. The average molecular weight is 333 g/mol. The minimum atomic E-state index is -0.130. The van der Waals surface area contributed by atoms with Crippen LogP contribution in [0.25, 0.3) is 0 Å². The highest BCUT2D eigenvalue weighted by atomic mass is 16.7. The molecule has 1 aliphatic heterocycles. The molecule has 2 aliphatic rings. The van der Waals surface area contributed by atoms with E-state index in [0.29, 0.717) is 34.9 Å². The van der Waals surface area contributed by atoms with Gasteiger partial charge in [0.25, 0.3) is 0 Å². The maximum absolute atomic E-state index is 12.2. The number of hydrogen-bond donors (Lipinski definition) is 1. The summed E-state index contributed by atoms with van der Waals surface area (Å²) >= 11 is 0. The maximum Gasteiger partial charge on any atom is 0.250 e. The molecule has 0 spiro atoms. The van der Waals surface area contributed by atoms with E-state index in [1.807, 2.05) is 6.07 Å². The van der Waals surface area contributed by atoms with Crippen molar-refractivity contribution in [3.05, 3.63) is 18.2 Å². The van der Waals surface area contributed by atoms with E-state index >= 15 is 0 Å². The second-order valence-corrected chi connectivity index (χ2v) is 7.29. The highest BCUT2D eigenvalue weighted by Gasteiger charge is 2.31. The third-order valence-electron chi connectivity index (χ3n) is 5.05. The fourth-order valence-corrected chi connectivity index (χ4v) is 3.66. The Morgan fingerprint density at radius 3 is 2.88 bits per heavy atom. The summed E-state index contributed by atoms with van der Waals surface area (Å²) in [6.45, 7) is 7.06. The fraction of sp³-hybridized carbons (Fsp3) is 0.632. The van der Waals surface area contributed by atoms with E-state index in [2.05, 4.69) is 26.1 Å². The van der Waals surface area contributed by atoms with Gasteiger partial charge in [-0.25, -0.2) is 0 Å². The Kier molecular flexibility index (Phi) is 5.29. The molecular weight excluding hydrogens is 306 g/mol. The van der Waals surface area contributed by atoms with Crippen molar-refractivity contribution >= 4 is 11.6 Å². The van der Waals surface area contributed by atoms with Gasteiger partial charge in [-0.05, 0) is 42.7 Å². The zero-order chi connectivity index (χ0) is 17.1. The molecule has 0 saturated heterocycles. The lowest BCUT2D eigenvalue weighted by Crippen LogP contribution is -2.36. The molecule has 5 heteroatoms. The number of benzene rings is 1. The zero-order valence-corrected chi connectivity index (χ0v) is 14.7. The molecule has 0 unspecified atom stereocenters. The number of fused-ring (bicyclic) bond motifs is 1. The fourth-order valence-electron chi connectivity index (χ4n) is 3.66. The summed E-state index contributed by atoms with van der Waals surface area (Å²) in [7, 11) is 0. The van der Waals surface area contributed by atoms with Crippen LogP contribution >= 0.6 is 0 Å². The Morgan fingerprint density at radius 1 is 1.29 bits per heavy atom. The quantitative estimate of drug-likeness (QED) is 0.890. The van der Waals surface area contributed by atoms with Crippen LogP contribution in [0.15, 0.2) is 18.2 Å². The topological polar surface area (TPSA) is 56.8 Å². The van der Waals surface area contributed by atoms with E-state index in [0.717, 1.165) is 6.42 Å². The first kappa shape index (κ1) is 17.1. The lowest BCUT2D eigenvalue weighted by atomic mass is 9.75. The van der Waals surface area contributed by atoms with Crippen LogP contribution in [0.4, 0.5) is 5.69 Å². The van der Waals surface area contributed by atoms with Crippen molar-refractivity contribution in [2.75, 3.05) is 18.7 Å². The summed E-state index contributed by atoms with van der Waals surface area (Å²) in [5, 5.41) is 2.87. The molecule has 24 heavy (non-hydrogen) atoms. The number of rotatable bonds is 5. The van der Waals surface area contributed by atoms with E-state index in [9.17, 15) is 4.79 Å². The minimum absolute atomic E-state index is 0.0923. The molecule has 0 aromatic heterocycles. The summed E-state index contributed by atoms with van der Waals surface area (Å²) in [6.07, 6.45) is 3.66. The van der Waals surface area contributed by atoms with E-state index in [-0.39, 0.29) is 25.4 Å². The third kappa shape index (κ3) is 4.01. The van der Waals surface area contributed by atoms with E-state index in [1.165, 1.54) is 12.8 Å². The molecule has 3 atom stereocenters. The first-order valence-electron chi connectivity index (χ1n) is 8.84. The summed E-state index contributed by atoms with van der Waals surface area (Å²) in [5.41, 5.74) is 0.699. The largest absolute Gasteiger partial charge is 0.454 e. The molecule has 0 bridgehead atoms. The van der Waals surface area contributed by atoms with Gasteiger partial charge in [0.2, 0.25) is 12.7 Å². The van der Waals surface area contributed by atoms with Gasteiger partial charge in [0.05, 0.1) is 6.10 Å². The molecule has 3 rings (SSSR count). The number of amides is 1. The van der Waals surface area contributed by atoms with Crippen LogP contribution in [0.3, 0.4) is 0 Å². The van der Waals surface area contributed by atoms with Gasteiger partial charge in [0.1, 0.15) is 6.61 Å². The minimum Gasteiger partial charge on any atom is -0.454 e. The smallest absolute Gasteiger partial charge is 0.250 e. The molecule has 1 amide bonds. The van der Waals surface area contributed by atoms with Crippen molar-refractivity contribution in [2.24, 2.45) is 17.8 Å². The summed E-state index contributed by atoms with van der Waals surface area (Å²) < 4.78 is 16.6. The lowest BCUT2D eigenvalue weighted by molar-refractivity contribution is -0.126. The number of anilines is 1. The van der Waals surface area contributed by atoms with Gasteiger partial charge in [-0.1, -0.05) is 27.2 Å². The van der Waals surface area contributed by atoms with Gasteiger partial charge >= 0.3 is 0 Å². The highest BCUT2D eigenvalue weighted by molar-refractivity contribution is 5.92. The van der Waals surface area contributed by atoms with Crippen molar-refractivity contribution < 1.29 is 19.0 Å². The van der Waals surface area contributed by atoms with Crippen LogP contribution in [0.2, 0.25) is 0 Å². The number of hydrogen-bond acceptors (Lipinski definition) is 4. The van der Waals surface area contributed by atoms with Crippen LogP contribution in [0.1, 0.15) is 40.0 Å². The lowest BCUT2D eigenvalue weighted by Gasteiger charge is -2.37. The Balaban J connectivity index is 1.53. The predicted octanol–water partition coefficient (Wildman–Crippen LogP) is 3.83. The monoisotopic (exact) mass is 333 g/mol. The van der Waals surface area contributed by atoms with Gasteiger partial charge in [0.15, 0.2) is 11.5 Å². The first-order valence-corrected chi connectivity index (χ1v) is 8.84. The number of carbonyl (C=O) groups is 1. The van der Waals surface area contributed by atoms with Crippen molar-refractivity contribution in [2.45, 2.75) is 46.1 Å². The molecule has 1 aliphatic carbocycles. The van der Waals surface area contributed by atoms with Crippen LogP contribution in [0.5, 0.6) is 11.5 Å². The Morgan fingerprint density at radius 2 is 2.08 bits per heavy atom. The first-order chi connectivity index (χ1) is 11.5. The Bertz CT molecular complexity index is 587. The standard InChI is InChI=1S/C19H27NO4/c1-12(2)15-6-4-13(3)8-17(15)22-10-19(21)20-14-5-7-16-18(9-14)24-11-23-16/h5,7,9,12-13,15,17H,4,6,8,10-11H2,1-3H3,(H,20,21)/t13-,15-,17+/m1/s1. The average Bonchev–Trinajstić information content (AvgIpc) is 3.00. The van der Waals surface area contributed by atoms with Crippen molar-refractivity contribution in [3.8, 4) is 11.5 Å². The van der Waals surface area contributed by atoms with Gasteiger partial charge in [-0.3, -0.25) is 4.79 Å². The van der Waals surface area contributed by atoms with Crippen molar-refractivity contribution in [1.82, 2.24) is 0 Å². The molecule has 1 saturated carbocycles. The maximum atomic E-state index is 12.2.